The zero-order valence-electron chi connectivity index (χ0n) is 39.5. The molecule has 1 aliphatic heterocycles. The summed E-state index contributed by atoms with van der Waals surface area (Å²) >= 11 is 0. The third-order valence-electron chi connectivity index (χ3n) is 15.1. The molecule has 0 bridgehead atoms. The normalized spacial score (nSPS) is 14.6. The monoisotopic (exact) mass is 919 g/mol. The van der Waals surface area contributed by atoms with Crippen molar-refractivity contribution >= 4 is 38.4 Å². The van der Waals surface area contributed by atoms with E-state index < -0.39 is 5.41 Å². The number of aliphatic imine (C=N–C) groups is 1. The van der Waals surface area contributed by atoms with Gasteiger partial charge in [0, 0.05) is 38.3 Å². The van der Waals surface area contributed by atoms with E-state index in [1.807, 2.05) is 0 Å². The molecule has 0 N–H and O–H groups in total. The van der Waals surface area contributed by atoms with E-state index in [2.05, 4.69) is 276 Å². The average molecular weight is 920 g/mol. The van der Waals surface area contributed by atoms with E-state index in [1.54, 1.807) is 0 Å². The number of hydrogen-bond acceptors (Lipinski definition) is 2. The van der Waals surface area contributed by atoms with Crippen LogP contribution in [0.25, 0.3) is 71.6 Å². The van der Waals surface area contributed by atoms with Crippen molar-refractivity contribution in [1.82, 2.24) is 4.57 Å². The standard InChI is InChI=1S/C68H47N4/c1-4-17-46(18-5-1)45-71-67(69-66(70-71)53-38-41-63-60(44-53)65-57-26-11-10-19-49(57)37-42-64(65)72(63)56-24-8-3-9-25-56)50-33-31-47(32-34-50)51-20-16-21-52(43-51)48-35-39-55(40-36-48)68(54-22-6-2-7-23-54)61-29-14-12-27-58(61)59-28-13-15-30-62(59)68/h1-44,67H,45H2/q+1. The molecular weight excluding hydrogens is 873 g/mol. The number of hydrogen-bond donors (Lipinski definition) is 0. The van der Waals surface area contributed by atoms with E-state index in [-0.39, 0.29) is 6.17 Å². The maximum Gasteiger partial charge on any atom is 0.299 e. The first kappa shape index (κ1) is 41.7. The highest BCUT2D eigenvalue weighted by Crippen LogP contribution is 2.56. The van der Waals surface area contributed by atoms with E-state index in [1.165, 1.54) is 82.7 Å². The Morgan fingerprint density at radius 1 is 0.417 bits per heavy atom. The summed E-state index contributed by atoms with van der Waals surface area (Å²) in [6, 6.07) is 97.1. The van der Waals surface area contributed by atoms with Crippen LogP contribution >= 0.6 is 0 Å². The average Bonchev–Trinajstić information content (AvgIpc) is 4.13. The van der Waals surface area contributed by atoms with Crippen LogP contribution in [-0.2, 0) is 12.0 Å². The molecule has 1 unspecified atom stereocenters. The molecule has 0 radical (unpaired) electrons. The molecule has 4 heteroatoms. The van der Waals surface area contributed by atoms with Crippen molar-refractivity contribution in [1.29, 1.82) is 0 Å². The van der Waals surface area contributed by atoms with Gasteiger partial charge in [-0.15, -0.1) is 0 Å². The van der Waals surface area contributed by atoms with Gasteiger partial charge in [-0.3, -0.25) is 0 Å². The van der Waals surface area contributed by atoms with Gasteiger partial charge in [0.15, 0.2) is 6.54 Å². The Morgan fingerprint density at radius 3 is 1.69 bits per heavy atom. The van der Waals surface area contributed by atoms with Crippen LogP contribution in [0.5, 0.6) is 0 Å². The van der Waals surface area contributed by atoms with E-state index in [0.717, 1.165) is 33.7 Å². The Morgan fingerprint density at radius 2 is 0.986 bits per heavy atom. The molecular formula is C68H47N4+. The van der Waals surface area contributed by atoms with Crippen LogP contribution in [0.1, 0.15) is 45.1 Å². The van der Waals surface area contributed by atoms with E-state index >= 15 is 0 Å². The van der Waals surface area contributed by atoms with Crippen LogP contribution in [0, 0.1) is 0 Å². The Labute approximate surface area is 418 Å². The molecule has 0 fully saturated rings. The summed E-state index contributed by atoms with van der Waals surface area (Å²) in [6.45, 7) is 0.632. The number of rotatable bonds is 9. The van der Waals surface area contributed by atoms with E-state index in [0.29, 0.717) is 6.54 Å². The minimum Gasteiger partial charge on any atom is -0.309 e. The molecule has 2 heterocycles. The summed E-state index contributed by atoms with van der Waals surface area (Å²) in [5.74, 6) is 0.734. The van der Waals surface area contributed by atoms with Crippen LogP contribution in [0.15, 0.2) is 277 Å². The Kier molecular flexibility index (Phi) is 9.85. The quantitative estimate of drug-likeness (QED) is 0.129. The second-order valence-corrected chi connectivity index (χ2v) is 19.1. The molecule has 0 saturated heterocycles. The fraction of sp³-hybridized carbons (Fsp3) is 0.0441. The van der Waals surface area contributed by atoms with Gasteiger partial charge < -0.3 is 4.57 Å². The maximum absolute atomic E-state index is 5.43. The van der Waals surface area contributed by atoms with Crippen molar-refractivity contribution in [3.63, 3.8) is 0 Å². The summed E-state index contributed by atoms with van der Waals surface area (Å²) in [5.41, 5.74) is 18.8. The molecule has 1 aliphatic carbocycles. The first-order chi connectivity index (χ1) is 35.7. The minimum absolute atomic E-state index is 0.292. The van der Waals surface area contributed by atoms with Crippen LogP contribution in [-0.4, -0.2) is 15.1 Å². The number of benzene rings is 11. The fourth-order valence-corrected chi connectivity index (χ4v) is 11.8. The lowest BCUT2D eigenvalue weighted by molar-refractivity contribution is -0.636. The lowest BCUT2D eigenvalue weighted by Gasteiger charge is -2.34. The summed E-state index contributed by atoms with van der Waals surface area (Å²) in [6.07, 6.45) is -0.292. The highest BCUT2D eigenvalue weighted by Gasteiger charge is 2.45. The van der Waals surface area contributed by atoms with Crippen molar-refractivity contribution in [3.8, 4) is 39.1 Å². The molecule has 338 valence electrons. The molecule has 4 nitrogen and oxygen atoms in total. The predicted molar refractivity (Wildman–Crippen MR) is 295 cm³/mol. The number of aromatic nitrogens is 1. The van der Waals surface area contributed by atoms with E-state index in [9.17, 15) is 0 Å². The number of para-hydroxylation sites is 1. The number of nitrogens with zero attached hydrogens (tertiary/aromatic N) is 4. The lowest BCUT2D eigenvalue weighted by Crippen LogP contribution is -2.28. The van der Waals surface area contributed by atoms with Gasteiger partial charge in [0.05, 0.1) is 16.4 Å². The first-order valence-electron chi connectivity index (χ1n) is 24.9. The molecule has 14 rings (SSSR count). The van der Waals surface area contributed by atoms with Crippen LogP contribution < -0.4 is 0 Å². The molecule has 72 heavy (non-hydrogen) atoms. The first-order valence-corrected chi connectivity index (χ1v) is 24.9. The van der Waals surface area contributed by atoms with Crippen molar-refractivity contribution in [2.75, 3.05) is 0 Å². The topological polar surface area (TPSA) is 32.7 Å². The fourth-order valence-electron chi connectivity index (χ4n) is 11.8. The summed E-state index contributed by atoms with van der Waals surface area (Å²) < 4.78 is 4.52. The molecule has 0 saturated carbocycles. The number of amidine groups is 1. The van der Waals surface area contributed by atoms with Crippen molar-refractivity contribution in [2.45, 2.75) is 18.1 Å². The van der Waals surface area contributed by atoms with Gasteiger partial charge in [0.2, 0.25) is 5.84 Å². The molecule has 0 spiro atoms. The maximum atomic E-state index is 5.43. The Balaban J connectivity index is 0.806. The van der Waals surface area contributed by atoms with Gasteiger partial charge in [0.25, 0.3) is 6.17 Å². The third kappa shape index (κ3) is 6.71. The summed E-state index contributed by atoms with van der Waals surface area (Å²) in [4.78, 5) is 5.43. The summed E-state index contributed by atoms with van der Waals surface area (Å²) in [7, 11) is 0. The predicted octanol–water partition coefficient (Wildman–Crippen LogP) is 16.8. The number of fused-ring (bicyclic) bond motifs is 8. The van der Waals surface area contributed by atoms with Crippen LogP contribution in [0.3, 0.4) is 0 Å². The summed E-state index contributed by atoms with van der Waals surface area (Å²) in [5, 5.41) is 10.2. The Bertz CT molecular complexity index is 4050. The van der Waals surface area contributed by atoms with Crippen LogP contribution in [0.2, 0.25) is 0 Å². The zero-order valence-corrected chi connectivity index (χ0v) is 39.5. The minimum atomic E-state index is -0.419. The van der Waals surface area contributed by atoms with Gasteiger partial charge in [0.1, 0.15) is 0 Å². The largest absolute Gasteiger partial charge is 0.309 e. The lowest BCUT2D eigenvalue weighted by atomic mass is 9.67. The van der Waals surface area contributed by atoms with Crippen molar-refractivity contribution < 1.29 is 4.70 Å². The molecule has 11 aromatic carbocycles. The molecule has 1 atom stereocenters. The molecule has 12 aromatic rings. The van der Waals surface area contributed by atoms with Gasteiger partial charge in [-0.05, 0) is 121 Å². The second-order valence-electron chi connectivity index (χ2n) is 19.1. The molecule has 0 amide bonds. The van der Waals surface area contributed by atoms with Crippen molar-refractivity contribution in [2.24, 2.45) is 10.1 Å². The molecule has 2 aliphatic rings. The highest BCUT2D eigenvalue weighted by atomic mass is 15.4. The van der Waals surface area contributed by atoms with Gasteiger partial charge >= 0.3 is 0 Å². The van der Waals surface area contributed by atoms with Gasteiger partial charge in [-0.25, -0.2) is 0 Å². The van der Waals surface area contributed by atoms with E-state index in [4.69, 9.17) is 10.1 Å². The molecule has 1 aromatic heterocycles. The number of azo groups is 2. The third-order valence-corrected chi connectivity index (χ3v) is 15.1. The highest BCUT2D eigenvalue weighted by molar-refractivity contribution is 6.22. The zero-order chi connectivity index (χ0) is 47.6. The van der Waals surface area contributed by atoms with Gasteiger partial charge in [-0.2, -0.15) is 4.99 Å². The smallest absolute Gasteiger partial charge is 0.299 e. The van der Waals surface area contributed by atoms with Crippen LogP contribution in [0.4, 0.5) is 0 Å². The van der Waals surface area contributed by atoms with Gasteiger partial charge in [-0.1, -0.05) is 217 Å². The second kappa shape index (κ2) is 17.0. The van der Waals surface area contributed by atoms with Crippen molar-refractivity contribution in [3.05, 3.63) is 306 Å². The SMILES string of the molecule is c1ccc(C[N+]2=NC(c3ccc4c(c3)c3c5ccccc5ccc3n4-c3ccccc3)=NC2c2ccc(-c3cccc(-c4ccc(C5(c6ccccc6)c6ccccc6-c6ccccc65)cc4)c3)cc2)cc1. The Hall–Kier alpha value is -9.25.